The summed E-state index contributed by atoms with van der Waals surface area (Å²) in [6, 6.07) is 6.73. The van der Waals surface area contributed by atoms with Gasteiger partial charge in [0, 0.05) is 4.47 Å². The molecule has 1 aromatic heterocycles. The lowest BCUT2D eigenvalue weighted by Crippen LogP contribution is -2.28. The number of carbonyl (C=O) groups excluding carboxylic acids is 1. The fourth-order valence-electron chi connectivity index (χ4n) is 1.38. The number of thiophene rings is 1. The van der Waals surface area contributed by atoms with Gasteiger partial charge in [-0.1, -0.05) is 0 Å². The molecule has 9 heteroatoms. The van der Waals surface area contributed by atoms with E-state index in [1.165, 1.54) is 23.5 Å². The molecule has 2 aromatic rings. The molecule has 2 rings (SSSR count). The maximum Gasteiger partial charge on any atom is 0.573 e. The number of hydrogen-bond donors (Lipinski definition) is 2. The van der Waals surface area contributed by atoms with E-state index in [1.54, 1.807) is 11.4 Å². The van der Waals surface area contributed by atoms with Crippen LogP contribution < -0.4 is 15.6 Å². The molecule has 0 unspecified atom stereocenters. The van der Waals surface area contributed by atoms with Gasteiger partial charge in [0.1, 0.15) is 10.6 Å². The minimum absolute atomic E-state index is 0.333. The van der Waals surface area contributed by atoms with E-state index in [-0.39, 0.29) is 11.7 Å². The second-order valence-electron chi connectivity index (χ2n) is 3.75. The number of hydrogen-bond acceptors (Lipinski definition) is 4. The highest BCUT2D eigenvalue weighted by Gasteiger charge is 2.30. The Morgan fingerprint density at radius 2 is 1.86 bits per heavy atom. The number of nitrogens with one attached hydrogen (secondary N) is 2. The molecule has 1 aromatic carbocycles. The molecule has 0 atom stereocenters. The first-order valence-corrected chi connectivity index (χ1v) is 7.17. The zero-order chi connectivity index (χ0) is 15.5. The summed E-state index contributed by atoms with van der Waals surface area (Å²) in [5.41, 5.74) is 5.46. The topological polar surface area (TPSA) is 50.4 Å². The number of rotatable bonds is 4. The third kappa shape index (κ3) is 4.64. The number of halogens is 4. The van der Waals surface area contributed by atoms with Crippen LogP contribution in [0.15, 0.2) is 40.2 Å². The van der Waals surface area contributed by atoms with Crippen LogP contribution >= 0.6 is 27.3 Å². The van der Waals surface area contributed by atoms with E-state index >= 15 is 0 Å². The summed E-state index contributed by atoms with van der Waals surface area (Å²) in [7, 11) is 0. The summed E-state index contributed by atoms with van der Waals surface area (Å²) in [5, 5.41) is 1.75. The van der Waals surface area contributed by atoms with Crippen LogP contribution in [0.3, 0.4) is 0 Å². The van der Waals surface area contributed by atoms with E-state index in [0.29, 0.717) is 15.0 Å². The number of alkyl halides is 3. The van der Waals surface area contributed by atoms with Gasteiger partial charge in [-0.05, 0) is 51.6 Å². The summed E-state index contributed by atoms with van der Waals surface area (Å²) in [6.45, 7) is 0. The van der Waals surface area contributed by atoms with Gasteiger partial charge in [-0.2, -0.15) is 0 Å². The van der Waals surface area contributed by atoms with Crippen molar-refractivity contribution < 1.29 is 22.7 Å². The fourth-order valence-corrected chi connectivity index (χ4v) is 2.83. The molecule has 1 amide bonds. The number of anilines is 1. The molecule has 0 spiro atoms. The second kappa shape index (κ2) is 6.35. The first-order valence-electron chi connectivity index (χ1n) is 5.50. The van der Waals surface area contributed by atoms with E-state index in [9.17, 15) is 18.0 Å². The monoisotopic (exact) mass is 380 g/mol. The Bertz CT molecular complexity index is 628. The van der Waals surface area contributed by atoms with Gasteiger partial charge in [0.15, 0.2) is 0 Å². The van der Waals surface area contributed by atoms with Crippen LogP contribution in [0.4, 0.5) is 18.9 Å². The lowest BCUT2D eigenvalue weighted by atomic mass is 10.3. The van der Waals surface area contributed by atoms with Crippen molar-refractivity contribution in [1.82, 2.24) is 5.43 Å². The number of ether oxygens (including phenoxy) is 1. The zero-order valence-electron chi connectivity index (χ0n) is 10.2. The van der Waals surface area contributed by atoms with Gasteiger partial charge in [-0.15, -0.1) is 24.5 Å². The molecular formula is C12H8BrF3N2O2S. The lowest BCUT2D eigenvalue weighted by molar-refractivity contribution is -0.274. The standard InChI is InChI=1S/C12H8BrF3N2O2S/c13-9-5-6-21-10(9)11(19)18-17-7-1-3-8(4-2-7)20-12(14,15)16/h1-6,17H,(H,18,19). The Morgan fingerprint density at radius 1 is 1.19 bits per heavy atom. The van der Waals surface area contributed by atoms with Crippen molar-refractivity contribution in [2.24, 2.45) is 0 Å². The van der Waals surface area contributed by atoms with Crippen LogP contribution in [-0.4, -0.2) is 12.3 Å². The van der Waals surface area contributed by atoms with E-state index in [0.717, 1.165) is 12.1 Å². The number of amides is 1. The predicted molar refractivity (Wildman–Crippen MR) is 76.2 cm³/mol. The lowest BCUT2D eigenvalue weighted by Gasteiger charge is -2.11. The summed E-state index contributed by atoms with van der Waals surface area (Å²) in [5.74, 6) is -0.687. The maximum absolute atomic E-state index is 12.0. The van der Waals surface area contributed by atoms with Crippen molar-refractivity contribution in [2.45, 2.75) is 6.36 Å². The first kappa shape index (κ1) is 15.6. The average Bonchev–Trinajstić information content (AvgIpc) is 2.82. The highest BCUT2D eigenvalue weighted by molar-refractivity contribution is 9.10. The van der Waals surface area contributed by atoms with Crippen molar-refractivity contribution in [2.75, 3.05) is 5.43 Å². The molecule has 1 heterocycles. The van der Waals surface area contributed by atoms with Crippen LogP contribution in [0.5, 0.6) is 5.75 Å². The largest absolute Gasteiger partial charge is 0.573 e. The molecule has 112 valence electrons. The molecule has 0 radical (unpaired) electrons. The Labute approximate surface area is 130 Å². The van der Waals surface area contributed by atoms with Gasteiger partial charge in [0.05, 0.1) is 5.69 Å². The molecule has 0 bridgehead atoms. The highest BCUT2D eigenvalue weighted by atomic mass is 79.9. The van der Waals surface area contributed by atoms with Gasteiger partial charge < -0.3 is 4.74 Å². The van der Waals surface area contributed by atoms with Crippen molar-refractivity contribution in [3.63, 3.8) is 0 Å². The molecule has 0 aliphatic heterocycles. The zero-order valence-corrected chi connectivity index (χ0v) is 12.6. The minimum Gasteiger partial charge on any atom is -0.406 e. The van der Waals surface area contributed by atoms with Crippen molar-refractivity contribution in [3.8, 4) is 5.75 Å². The average molecular weight is 381 g/mol. The molecule has 4 nitrogen and oxygen atoms in total. The molecule has 0 aliphatic carbocycles. The van der Waals surface area contributed by atoms with Crippen molar-refractivity contribution in [1.29, 1.82) is 0 Å². The van der Waals surface area contributed by atoms with Crippen LogP contribution in [0.1, 0.15) is 9.67 Å². The van der Waals surface area contributed by atoms with Crippen LogP contribution in [-0.2, 0) is 0 Å². The Hall–Kier alpha value is -1.74. The number of benzene rings is 1. The summed E-state index contributed by atoms with van der Waals surface area (Å²) in [4.78, 5) is 12.3. The second-order valence-corrected chi connectivity index (χ2v) is 5.52. The van der Waals surface area contributed by atoms with Gasteiger partial charge >= 0.3 is 6.36 Å². The van der Waals surface area contributed by atoms with Gasteiger partial charge in [-0.3, -0.25) is 15.6 Å². The number of hydrazine groups is 1. The van der Waals surface area contributed by atoms with Crippen molar-refractivity contribution >= 4 is 38.9 Å². The summed E-state index contributed by atoms with van der Waals surface area (Å²) < 4.78 is 40.4. The van der Waals surface area contributed by atoms with Crippen LogP contribution in [0, 0.1) is 0 Å². The maximum atomic E-state index is 12.0. The van der Waals surface area contributed by atoms with Crippen LogP contribution in [0.2, 0.25) is 0 Å². The van der Waals surface area contributed by atoms with Gasteiger partial charge in [0.2, 0.25) is 0 Å². The SMILES string of the molecule is O=C(NNc1ccc(OC(F)(F)F)cc1)c1sccc1Br. The van der Waals surface area contributed by atoms with E-state index in [2.05, 4.69) is 31.5 Å². The van der Waals surface area contributed by atoms with E-state index in [4.69, 9.17) is 0 Å². The molecule has 0 saturated heterocycles. The summed E-state index contributed by atoms with van der Waals surface area (Å²) >= 11 is 4.49. The molecular weight excluding hydrogens is 373 g/mol. The first-order chi connectivity index (χ1) is 9.85. The predicted octanol–water partition coefficient (Wildman–Crippen LogP) is 4.17. The quantitative estimate of drug-likeness (QED) is 0.782. The third-order valence-corrected chi connectivity index (χ3v) is 4.07. The molecule has 2 N–H and O–H groups in total. The van der Waals surface area contributed by atoms with Gasteiger partial charge in [-0.25, -0.2) is 0 Å². The smallest absolute Gasteiger partial charge is 0.406 e. The normalized spacial score (nSPS) is 11.0. The molecule has 0 aliphatic rings. The fraction of sp³-hybridized carbons (Fsp3) is 0.0833. The summed E-state index contributed by atoms with van der Waals surface area (Å²) in [6.07, 6.45) is -4.73. The molecule has 0 saturated carbocycles. The Morgan fingerprint density at radius 3 is 2.38 bits per heavy atom. The Balaban J connectivity index is 1.92. The highest BCUT2D eigenvalue weighted by Crippen LogP contribution is 2.24. The minimum atomic E-state index is -4.73. The van der Waals surface area contributed by atoms with Gasteiger partial charge in [0.25, 0.3) is 5.91 Å². The van der Waals surface area contributed by atoms with E-state index in [1.807, 2.05) is 0 Å². The van der Waals surface area contributed by atoms with Crippen molar-refractivity contribution in [3.05, 3.63) is 45.1 Å². The third-order valence-electron chi connectivity index (χ3n) is 2.23. The molecule has 0 fully saturated rings. The van der Waals surface area contributed by atoms with E-state index < -0.39 is 6.36 Å². The number of carbonyl (C=O) groups is 1. The van der Waals surface area contributed by atoms with Crippen LogP contribution in [0.25, 0.3) is 0 Å². The molecule has 21 heavy (non-hydrogen) atoms. The Kier molecular flexibility index (Phi) is 4.73.